The monoisotopic (exact) mass is 239 g/mol. The number of nitrogens with zero attached hydrogens (tertiary/aromatic N) is 3. The van der Waals surface area contributed by atoms with Crippen LogP contribution in [0.5, 0.6) is 0 Å². The minimum Gasteiger partial charge on any atom is -0.333 e. The largest absolute Gasteiger partial charge is 0.333 e. The van der Waals surface area contributed by atoms with Crippen molar-refractivity contribution in [1.29, 1.82) is 0 Å². The van der Waals surface area contributed by atoms with E-state index >= 15 is 0 Å². The van der Waals surface area contributed by atoms with Gasteiger partial charge in [0.15, 0.2) is 0 Å². The quantitative estimate of drug-likeness (QED) is 0.594. The predicted octanol–water partition coefficient (Wildman–Crippen LogP) is 2.61. The maximum Gasteiger partial charge on any atom is 0.272 e. The minimum absolute atomic E-state index is 0.00556. The molecule has 0 radical (unpaired) electrons. The van der Waals surface area contributed by atoms with E-state index in [-0.39, 0.29) is 16.9 Å². The molecule has 2 aromatic rings. The van der Waals surface area contributed by atoms with Crippen LogP contribution in [-0.2, 0) is 0 Å². The molecule has 1 aromatic heterocycles. The average Bonchev–Trinajstić information content (AvgIpc) is 2.64. The van der Waals surface area contributed by atoms with Crippen LogP contribution in [0.15, 0.2) is 22.7 Å². The molecule has 0 saturated carbocycles. The van der Waals surface area contributed by atoms with Gasteiger partial charge in [0.2, 0.25) is 0 Å². The molecule has 6 nitrogen and oxygen atoms in total. The number of nitro benzene ring substituents is 1. The molecule has 0 aliphatic rings. The molecule has 0 saturated heterocycles. The van der Waals surface area contributed by atoms with Crippen LogP contribution in [0.4, 0.5) is 5.69 Å². The summed E-state index contributed by atoms with van der Waals surface area (Å²) in [6.45, 7) is 1.64. The zero-order chi connectivity index (χ0) is 11.7. The van der Waals surface area contributed by atoms with Crippen LogP contribution >= 0.6 is 11.6 Å². The standard InChI is InChI=1S/C9H6ClN3O3/c1-5-4-6(2-3-7(5)13(14)15)8-11-9(10)12-16-8/h2-4H,1H3. The molecule has 2 rings (SSSR count). The van der Waals surface area contributed by atoms with Crippen molar-refractivity contribution in [2.45, 2.75) is 6.92 Å². The maximum absolute atomic E-state index is 10.6. The summed E-state index contributed by atoms with van der Waals surface area (Å²) in [6, 6.07) is 4.53. The summed E-state index contributed by atoms with van der Waals surface area (Å²) in [5, 5.41) is 14.0. The van der Waals surface area contributed by atoms with Crippen LogP contribution < -0.4 is 0 Å². The summed E-state index contributed by atoms with van der Waals surface area (Å²) in [6.07, 6.45) is 0. The van der Waals surface area contributed by atoms with Crippen LogP contribution in [0, 0.1) is 17.0 Å². The number of benzene rings is 1. The smallest absolute Gasteiger partial charge is 0.272 e. The van der Waals surface area contributed by atoms with Crippen LogP contribution in [0.3, 0.4) is 0 Å². The van der Waals surface area contributed by atoms with Crippen molar-refractivity contribution < 1.29 is 9.45 Å². The van der Waals surface area contributed by atoms with Crippen molar-refractivity contribution in [3.05, 3.63) is 39.2 Å². The Hall–Kier alpha value is -1.95. The highest BCUT2D eigenvalue weighted by Crippen LogP contribution is 2.25. The van der Waals surface area contributed by atoms with Crippen molar-refractivity contribution in [2.24, 2.45) is 0 Å². The molecule has 0 atom stereocenters. The number of nitro groups is 1. The Morgan fingerprint density at radius 3 is 2.75 bits per heavy atom. The molecule has 0 fully saturated rings. The second-order valence-electron chi connectivity index (χ2n) is 3.13. The Labute approximate surface area is 95.0 Å². The van der Waals surface area contributed by atoms with Gasteiger partial charge >= 0.3 is 0 Å². The third-order valence-corrected chi connectivity index (χ3v) is 2.20. The van der Waals surface area contributed by atoms with Crippen molar-refractivity contribution in [1.82, 2.24) is 10.1 Å². The van der Waals surface area contributed by atoms with Gasteiger partial charge in [-0.15, -0.1) is 0 Å². The first-order chi connectivity index (χ1) is 7.58. The molecular formula is C9H6ClN3O3. The minimum atomic E-state index is -0.445. The Morgan fingerprint density at radius 1 is 1.50 bits per heavy atom. The van der Waals surface area contributed by atoms with Gasteiger partial charge in [-0.2, -0.15) is 4.98 Å². The highest BCUT2D eigenvalue weighted by atomic mass is 35.5. The van der Waals surface area contributed by atoms with Crippen molar-refractivity contribution in [2.75, 3.05) is 0 Å². The van der Waals surface area contributed by atoms with Gasteiger partial charge in [-0.05, 0) is 35.8 Å². The molecule has 0 aliphatic carbocycles. The Balaban J connectivity index is 2.45. The first kappa shape index (κ1) is 10.6. The van der Waals surface area contributed by atoms with E-state index in [0.717, 1.165) is 0 Å². The highest BCUT2D eigenvalue weighted by molar-refractivity contribution is 6.28. The fourth-order valence-corrected chi connectivity index (χ4v) is 1.43. The maximum atomic E-state index is 10.6. The number of hydrogen-bond acceptors (Lipinski definition) is 5. The Kier molecular flexibility index (Phi) is 2.57. The lowest BCUT2D eigenvalue weighted by Gasteiger charge is -1.98. The zero-order valence-electron chi connectivity index (χ0n) is 8.18. The van der Waals surface area contributed by atoms with Crippen LogP contribution in [-0.4, -0.2) is 15.1 Å². The summed E-state index contributed by atoms with van der Waals surface area (Å²) in [5.74, 6) is 0.239. The van der Waals surface area contributed by atoms with E-state index in [4.69, 9.17) is 16.1 Å². The molecule has 1 heterocycles. The third-order valence-electron chi connectivity index (χ3n) is 2.04. The second-order valence-corrected chi connectivity index (χ2v) is 3.46. The first-order valence-corrected chi connectivity index (χ1v) is 4.70. The number of halogens is 1. The lowest BCUT2D eigenvalue weighted by molar-refractivity contribution is -0.385. The predicted molar refractivity (Wildman–Crippen MR) is 56.1 cm³/mol. The van der Waals surface area contributed by atoms with Gasteiger partial charge in [0.1, 0.15) is 0 Å². The molecule has 0 amide bonds. The average molecular weight is 240 g/mol. The van der Waals surface area contributed by atoms with E-state index in [1.165, 1.54) is 12.1 Å². The lowest BCUT2D eigenvalue weighted by Crippen LogP contribution is -1.91. The number of aromatic nitrogens is 2. The summed E-state index contributed by atoms with van der Waals surface area (Å²) < 4.78 is 4.84. The molecule has 0 bridgehead atoms. The normalized spacial score (nSPS) is 10.4. The topological polar surface area (TPSA) is 82.1 Å². The molecular weight excluding hydrogens is 234 g/mol. The van der Waals surface area contributed by atoms with Gasteiger partial charge in [-0.1, -0.05) is 0 Å². The van der Waals surface area contributed by atoms with E-state index in [1.54, 1.807) is 13.0 Å². The fourth-order valence-electron chi connectivity index (χ4n) is 1.32. The summed E-state index contributed by atoms with van der Waals surface area (Å²) >= 11 is 5.51. The van der Waals surface area contributed by atoms with E-state index < -0.39 is 4.92 Å². The summed E-state index contributed by atoms with van der Waals surface area (Å²) in [7, 11) is 0. The second kappa shape index (κ2) is 3.90. The van der Waals surface area contributed by atoms with Gasteiger partial charge in [0.05, 0.1) is 4.92 Å². The molecule has 16 heavy (non-hydrogen) atoms. The third kappa shape index (κ3) is 1.87. The van der Waals surface area contributed by atoms with Gasteiger partial charge in [-0.3, -0.25) is 10.1 Å². The number of hydrogen-bond donors (Lipinski definition) is 0. The molecule has 0 N–H and O–H groups in total. The fraction of sp³-hybridized carbons (Fsp3) is 0.111. The van der Waals surface area contributed by atoms with Crippen LogP contribution in [0.1, 0.15) is 5.56 Å². The van der Waals surface area contributed by atoms with Gasteiger partial charge in [0, 0.05) is 17.2 Å². The molecule has 0 aliphatic heterocycles. The van der Waals surface area contributed by atoms with E-state index in [2.05, 4.69) is 10.1 Å². The van der Waals surface area contributed by atoms with Crippen molar-refractivity contribution in [3.63, 3.8) is 0 Å². The SMILES string of the molecule is Cc1cc(-c2nc(Cl)no2)ccc1[N+](=O)[O-]. The van der Waals surface area contributed by atoms with E-state index in [1.807, 2.05) is 0 Å². The van der Waals surface area contributed by atoms with Gasteiger partial charge < -0.3 is 4.52 Å². The number of aryl methyl sites for hydroxylation is 1. The van der Waals surface area contributed by atoms with Crippen LogP contribution in [0.25, 0.3) is 11.5 Å². The molecule has 7 heteroatoms. The first-order valence-electron chi connectivity index (χ1n) is 4.32. The number of rotatable bonds is 2. The Bertz CT molecular complexity index is 553. The van der Waals surface area contributed by atoms with Crippen LogP contribution in [0.2, 0.25) is 5.28 Å². The van der Waals surface area contributed by atoms with Crippen molar-refractivity contribution >= 4 is 17.3 Å². The molecule has 0 unspecified atom stereocenters. The summed E-state index contributed by atoms with van der Waals surface area (Å²) in [5.41, 5.74) is 1.17. The zero-order valence-corrected chi connectivity index (χ0v) is 8.93. The summed E-state index contributed by atoms with van der Waals surface area (Å²) in [4.78, 5) is 14.0. The van der Waals surface area contributed by atoms with Gasteiger partial charge in [0.25, 0.3) is 16.9 Å². The molecule has 0 spiro atoms. The van der Waals surface area contributed by atoms with Gasteiger partial charge in [-0.25, -0.2) is 0 Å². The highest BCUT2D eigenvalue weighted by Gasteiger charge is 2.13. The van der Waals surface area contributed by atoms with E-state index in [9.17, 15) is 10.1 Å². The van der Waals surface area contributed by atoms with E-state index in [0.29, 0.717) is 11.1 Å². The Morgan fingerprint density at radius 2 is 2.25 bits per heavy atom. The van der Waals surface area contributed by atoms with Crippen molar-refractivity contribution in [3.8, 4) is 11.5 Å². The lowest BCUT2D eigenvalue weighted by atomic mass is 10.1. The molecule has 1 aromatic carbocycles. The molecule has 82 valence electrons.